The molecular weight excluding hydrogens is 358 g/mol. The quantitative estimate of drug-likeness (QED) is 0.533. The SMILES string of the molecule is c1cncc(-c2nc(NCc3ccccc3N3CCCC3)c3ccccc3n2)c1. The zero-order valence-electron chi connectivity index (χ0n) is 16.3. The van der Waals surface area contributed by atoms with E-state index in [9.17, 15) is 0 Å². The van der Waals surface area contributed by atoms with Gasteiger partial charge in [-0.3, -0.25) is 4.98 Å². The molecule has 1 saturated heterocycles. The molecule has 29 heavy (non-hydrogen) atoms. The van der Waals surface area contributed by atoms with Crippen LogP contribution in [0.1, 0.15) is 18.4 Å². The Labute approximate surface area is 170 Å². The Bertz CT molecular complexity index is 1120. The summed E-state index contributed by atoms with van der Waals surface area (Å²) in [5.41, 5.74) is 4.46. The zero-order chi connectivity index (χ0) is 19.5. The summed E-state index contributed by atoms with van der Waals surface area (Å²) in [6, 6.07) is 20.7. The molecule has 1 N–H and O–H groups in total. The molecule has 0 aliphatic carbocycles. The number of aromatic nitrogens is 3. The van der Waals surface area contributed by atoms with Gasteiger partial charge in [-0.15, -0.1) is 0 Å². The molecule has 1 aliphatic heterocycles. The third-order valence-corrected chi connectivity index (χ3v) is 5.41. The van der Waals surface area contributed by atoms with Crippen LogP contribution in [0.5, 0.6) is 0 Å². The van der Waals surface area contributed by atoms with Crippen molar-refractivity contribution in [3.05, 3.63) is 78.6 Å². The van der Waals surface area contributed by atoms with E-state index < -0.39 is 0 Å². The first-order chi connectivity index (χ1) is 14.4. The number of rotatable bonds is 5. The van der Waals surface area contributed by atoms with Gasteiger partial charge >= 0.3 is 0 Å². The Balaban J connectivity index is 1.49. The molecule has 1 fully saturated rings. The average molecular weight is 381 g/mol. The Morgan fingerprint density at radius 2 is 1.69 bits per heavy atom. The number of fused-ring (bicyclic) bond motifs is 1. The summed E-state index contributed by atoms with van der Waals surface area (Å²) in [6.07, 6.45) is 6.11. The van der Waals surface area contributed by atoms with Crippen LogP contribution < -0.4 is 10.2 Å². The van der Waals surface area contributed by atoms with Crippen LogP contribution in [-0.4, -0.2) is 28.0 Å². The van der Waals surface area contributed by atoms with Gasteiger partial charge < -0.3 is 10.2 Å². The van der Waals surface area contributed by atoms with E-state index in [0.29, 0.717) is 5.82 Å². The number of hydrogen-bond acceptors (Lipinski definition) is 5. The fraction of sp³-hybridized carbons (Fsp3) is 0.208. The van der Waals surface area contributed by atoms with Crippen LogP contribution in [0, 0.1) is 0 Å². The van der Waals surface area contributed by atoms with E-state index in [1.807, 2.05) is 30.3 Å². The predicted molar refractivity (Wildman–Crippen MR) is 118 cm³/mol. The minimum Gasteiger partial charge on any atom is -0.371 e. The monoisotopic (exact) mass is 381 g/mol. The molecule has 0 atom stereocenters. The molecule has 5 nitrogen and oxygen atoms in total. The van der Waals surface area contributed by atoms with Crippen molar-refractivity contribution in [2.45, 2.75) is 19.4 Å². The molecule has 0 saturated carbocycles. The predicted octanol–water partition coefficient (Wildman–Crippen LogP) is 4.90. The molecule has 0 amide bonds. The zero-order valence-corrected chi connectivity index (χ0v) is 16.3. The molecule has 0 radical (unpaired) electrons. The standard InChI is InChI=1S/C24H23N5/c1-4-12-22(29-14-5-6-15-29)18(8-1)17-26-24-20-10-2-3-11-21(20)27-23(28-24)19-9-7-13-25-16-19/h1-4,7-13,16H,5-6,14-15,17H2,(H,26,27,28). The highest BCUT2D eigenvalue weighted by atomic mass is 15.1. The van der Waals surface area contributed by atoms with Crippen molar-refractivity contribution in [2.24, 2.45) is 0 Å². The topological polar surface area (TPSA) is 53.9 Å². The first kappa shape index (κ1) is 17.6. The first-order valence-electron chi connectivity index (χ1n) is 10.1. The summed E-state index contributed by atoms with van der Waals surface area (Å²) < 4.78 is 0. The van der Waals surface area contributed by atoms with Crippen molar-refractivity contribution in [2.75, 3.05) is 23.3 Å². The second-order valence-electron chi connectivity index (χ2n) is 7.33. The van der Waals surface area contributed by atoms with Crippen LogP contribution in [0.25, 0.3) is 22.3 Å². The van der Waals surface area contributed by atoms with Gasteiger partial charge in [0.05, 0.1) is 5.52 Å². The Kier molecular flexibility index (Phi) is 4.78. The van der Waals surface area contributed by atoms with Crippen LogP contribution in [-0.2, 0) is 6.54 Å². The molecule has 5 heteroatoms. The number of nitrogens with one attached hydrogen (secondary N) is 1. The van der Waals surface area contributed by atoms with Crippen LogP contribution in [0.4, 0.5) is 11.5 Å². The minimum atomic E-state index is 0.687. The number of para-hydroxylation sites is 2. The molecule has 0 unspecified atom stereocenters. The summed E-state index contributed by atoms with van der Waals surface area (Å²) in [5, 5.41) is 4.61. The lowest BCUT2D eigenvalue weighted by Gasteiger charge is -2.22. The Morgan fingerprint density at radius 1 is 0.862 bits per heavy atom. The lowest BCUT2D eigenvalue weighted by molar-refractivity contribution is 0.949. The van der Waals surface area contributed by atoms with Crippen LogP contribution in [0.2, 0.25) is 0 Å². The smallest absolute Gasteiger partial charge is 0.163 e. The van der Waals surface area contributed by atoms with Gasteiger partial charge in [-0.25, -0.2) is 9.97 Å². The molecule has 0 bridgehead atoms. The lowest BCUT2D eigenvalue weighted by atomic mass is 10.1. The van der Waals surface area contributed by atoms with Crippen molar-refractivity contribution in [1.29, 1.82) is 0 Å². The number of anilines is 2. The molecule has 1 aliphatic rings. The Hall–Kier alpha value is -3.47. The number of benzene rings is 2. The largest absolute Gasteiger partial charge is 0.371 e. The van der Waals surface area contributed by atoms with E-state index in [2.05, 4.69) is 45.5 Å². The maximum atomic E-state index is 4.84. The summed E-state index contributed by atoms with van der Waals surface area (Å²) in [6.45, 7) is 3.00. The van der Waals surface area contributed by atoms with E-state index in [-0.39, 0.29) is 0 Å². The highest BCUT2D eigenvalue weighted by molar-refractivity contribution is 5.90. The molecule has 144 valence electrons. The maximum Gasteiger partial charge on any atom is 0.163 e. The third kappa shape index (κ3) is 3.63. The van der Waals surface area contributed by atoms with Crippen molar-refractivity contribution in [1.82, 2.24) is 15.0 Å². The van der Waals surface area contributed by atoms with Gasteiger partial charge in [0, 0.05) is 48.7 Å². The van der Waals surface area contributed by atoms with Crippen molar-refractivity contribution in [3.8, 4) is 11.4 Å². The normalized spacial score (nSPS) is 13.7. The van der Waals surface area contributed by atoms with Crippen LogP contribution >= 0.6 is 0 Å². The molecule has 2 aromatic heterocycles. The van der Waals surface area contributed by atoms with Gasteiger partial charge in [0.1, 0.15) is 5.82 Å². The Morgan fingerprint density at radius 3 is 2.55 bits per heavy atom. The molecule has 2 aromatic carbocycles. The van der Waals surface area contributed by atoms with Gasteiger partial charge in [-0.1, -0.05) is 30.3 Å². The first-order valence-corrected chi connectivity index (χ1v) is 10.1. The fourth-order valence-electron chi connectivity index (χ4n) is 3.94. The second kappa shape index (κ2) is 7.87. The van der Waals surface area contributed by atoms with Crippen molar-refractivity contribution >= 4 is 22.4 Å². The van der Waals surface area contributed by atoms with Gasteiger partial charge in [0.2, 0.25) is 0 Å². The summed E-state index contributed by atoms with van der Waals surface area (Å²) in [4.78, 5) is 16.3. The lowest BCUT2D eigenvalue weighted by Crippen LogP contribution is -2.20. The minimum absolute atomic E-state index is 0.687. The van der Waals surface area contributed by atoms with E-state index in [4.69, 9.17) is 9.97 Å². The summed E-state index contributed by atoms with van der Waals surface area (Å²) >= 11 is 0. The van der Waals surface area contributed by atoms with Crippen molar-refractivity contribution < 1.29 is 0 Å². The molecule has 0 spiro atoms. The summed E-state index contributed by atoms with van der Waals surface area (Å²) in [5.74, 6) is 1.54. The second-order valence-corrected chi connectivity index (χ2v) is 7.33. The van der Waals surface area contributed by atoms with E-state index in [1.165, 1.54) is 24.1 Å². The molecular formula is C24H23N5. The van der Waals surface area contributed by atoms with Crippen molar-refractivity contribution in [3.63, 3.8) is 0 Å². The highest BCUT2D eigenvalue weighted by Crippen LogP contribution is 2.28. The van der Waals surface area contributed by atoms with Crippen LogP contribution in [0.3, 0.4) is 0 Å². The van der Waals surface area contributed by atoms with Gasteiger partial charge in [-0.05, 0) is 48.7 Å². The van der Waals surface area contributed by atoms with Gasteiger partial charge in [0.25, 0.3) is 0 Å². The maximum absolute atomic E-state index is 4.84. The summed E-state index contributed by atoms with van der Waals surface area (Å²) in [7, 11) is 0. The van der Waals surface area contributed by atoms with Crippen LogP contribution in [0.15, 0.2) is 73.1 Å². The molecule has 5 rings (SSSR count). The van der Waals surface area contributed by atoms with E-state index in [1.54, 1.807) is 12.4 Å². The van der Waals surface area contributed by atoms with E-state index >= 15 is 0 Å². The highest BCUT2D eigenvalue weighted by Gasteiger charge is 2.16. The number of nitrogens with zero attached hydrogens (tertiary/aromatic N) is 4. The molecule has 4 aromatic rings. The third-order valence-electron chi connectivity index (χ3n) is 5.41. The molecule has 3 heterocycles. The number of pyridine rings is 1. The van der Waals surface area contributed by atoms with Gasteiger partial charge in [0.15, 0.2) is 5.82 Å². The fourth-order valence-corrected chi connectivity index (χ4v) is 3.94. The van der Waals surface area contributed by atoms with Gasteiger partial charge in [-0.2, -0.15) is 0 Å². The van der Waals surface area contributed by atoms with E-state index in [0.717, 1.165) is 41.9 Å². The average Bonchev–Trinajstić information content (AvgIpc) is 3.33. The number of hydrogen-bond donors (Lipinski definition) is 1.